The summed E-state index contributed by atoms with van der Waals surface area (Å²) in [5, 5.41) is 13.1. The normalized spacial score (nSPS) is 10.6. The number of hydrogen-bond donors (Lipinski definition) is 2. The Labute approximate surface area is 160 Å². The third-order valence-corrected chi connectivity index (χ3v) is 4.42. The Bertz CT molecular complexity index is 1200. The van der Waals surface area contributed by atoms with E-state index in [9.17, 15) is 9.65 Å². The Morgan fingerprint density at radius 1 is 1.04 bits per heavy atom. The lowest BCUT2D eigenvalue weighted by Gasteiger charge is -2.15. The molecule has 136 valence electrons. The van der Waals surface area contributed by atoms with Gasteiger partial charge in [-0.3, -0.25) is 4.98 Å². The maximum absolute atomic E-state index is 14.3. The summed E-state index contributed by atoms with van der Waals surface area (Å²) < 4.78 is 14.3. The summed E-state index contributed by atoms with van der Waals surface area (Å²) in [5.74, 6) is 0.0832. The highest BCUT2D eigenvalue weighted by atomic mass is 19.1. The van der Waals surface area contributed by atoms with Crippen LogP contribution in [-0.4, -0.2) is 15.0 Å². The number of para-hydroxylation sites is 1. The first-order valence-corrected chi connectivity index (χ1v) is 8.55. The largest absolute Gasteiger partial charge is 0.382 e. The van der Waals surface area contributed by atoms with Crippen molar-refractivity contribution in [3.63, 3.8) is 0 Å². The minimum atomic E-state index is -0.371. The molecular formula is C21H15FN6. The smallest absolute Gasteiger partial charge is 0.149 e. The Kier molecular flexibility index (Phi) is 4.52. The highest BCUT2D eigenvalue weighted by Crippen LogP contribution is 2.32. The molecule has 4 aromatic rings. The number of halogens is 1. The number of nitrogens with two attached hydrogens (primary N) is 1. The molecule has 0 saturated carbocycles. The third kappa shape index (κ3) is 3.08. The van der Waals surface area contributed by atoms with E-state index in [1.807, 2.05) is 42.5 Å². The molecule has 0 aliphatic carbocycles. The van der Waals surface area contributed by atoms with Crippen LogP contribution in [0.25, 0.3) is 22.0 Å². The SMILES string of the molecule is N#Cc1c(N)ncnc1NCc1cnc2c(F)cccc2c1-c1ccccc1. The number of pyridine rings is 1. The molecule has 2 aromatic carbocycles. The molecule has 6 nitrogen and oxygen atoms in total. The number of hydrogen-bond acceptors (Lipinski definition) is 6. The first-order valence-electron chi connectivity index (χ1n) is 8.55. The molecule has 0 amide bonds. The summed E-state index contributed by atoms with van der Waals surface area (Å²) in [6.07, 6.45) is 2.93. The van der Waals surface area contributed by atoms with Crippen LogP contribution in [0.2, 0.25) is 0 Å². The van der Waals surface area contributed by atoms with Gasteiger partial charge in [0.25, 0.3) is 0 Å². The number of nitrogens with one attached hydrogen (secondary N) is 1. The van der Waals surface area contributed by atoms with Gasteiger partial charge in [0.05, 0.1) is 0 Å². The molecule has 0 aliphatic heterocycles. The predicted molar refractivity (Wildman–Crippen MR) is 106 cm³/mol. The quantitative estimate of drug-likeness (QED) is 0.565. The molecule has 0 spiro atoms. The zero-order valence-corrected chi connectivity index (χ0v) is 14.7. The fourth-order valence-corrected chi connectivity index (χ4v) is 3.13. The summed E-state index contributed by atoms with van der Waals surface area (Å²) in [4.78, 5) is 12.2. The van der Waals surface area contributed by atoms with Crippen molar-refractivity contribution in [2.75, 3.05) is 11.1 Å². The number of benzene rings is 2. The molecule has 7 heteroatoms. The van der Waals surface area contributed by atoms with Gasteiger partial charge in [0, 0.05) is 18.1 Å². The molecule has 2 heterocycles. The Hall–Kier alpha value is -4.05. The highest BCUT2D eigenvalue weighted by Gasteiger charge is 2.15. The van der Waals surface area contributed by atoms with Gasteiger partial charge < -0.3 is 11.1 Å². The molecule has 0 aliphatic rings. The van der Waals surface area contributed by atoms with Gasteiger partial charge in [-0.15, -0.1) is 0 Å². The summed E-state index contributed by atoms with van der Waals surface area (Å²) in [6.45, 7) is 0.328. The van der Waals surface area contributed by atoms with E-state index < -0.39 is 0 Å². The molecule has 3 N–H and O–H groups in total. The molecule has 28 heavy (non-hydrogen) atoms. The summed E-state index contributed by atoms with van der Waals surface area (Å²) in [6, 6.07) is 16.6. The number of nitrogens with zero attached hydrogens (tertiary/aromatic N) is 4. The first-order chi connectivity index (χ1) is 13.7. The van der Waals surface area contributed by atoms with Gasteiger partial charge in [-0.25, -0.2) is 14.4 Å². The van der Waals surface area contributed by atoms with Crippen LogP contribution in [0.4, 0.5) is 16.0 Å². The van der Waals surface area contributed by atoms with E-state index in [0.29, 0.717) is 23.3 Å². The van der Waals surface area contributed by atoms with E-state index in [-0.39, 0.29) is 17.2 Å². The van der Waals surface area contributed by atoms with Gasteiger partial charge >= 0.3 is 0 Å². The topological polar surface area (TPSA) is 101 Å². The number of nitriles is 1. The number of rotatable bonds is 4. The van der Waals surface area contributed by atoms with Crippen molar-refractivity contribution in [3.8, 4) is 17.2 Å². The monoisotopic (exact) mass is 370 g/mol. The molecular weight excluding hydrogens is 355 g/mol. The van der Waals surface area contributed by atoms with Gasteiger partial charge in [-0.05, 0) is 22.8 Å². The van der Waals surface area contributed by atoms with Crippen LogP contribution in [0.3, 0.4) is 0 Å². The van der Waals surface area contributed by atoms with Crippen LogP contribution in [0.15, 0.2) is 61.1 Å². The molecule has 0 bridgehead atoms. The van der Waals surface area contributed by atoms with Crippen LogP contribution in [-0.2, 0) is 6.54 Å². The number of fused-ring (bicyclic) bond motifs is 1. The third-order valence-electron chi connectivity index (χ3n) is 4.42. The van der Waals surface area contributed by atoms with Gasteiger partial charge in [-0.2, -0.15) is 5.26 Å². The standard InChI is InChI=1S/C21H15FN6/c22-17-8-4-7-15-18(13-5-2-1-3-6-13)14(10-25-19(15)17)11-26-21-16(9-23)20(24)27-12-28-21/h1-8,10,12H,11H2,(H3,24,26,27,28). The maximum atomic E-state index is 14.3. The first kappa shape index (κ1) is 17.4. The number of aromatic nitrogens is 3. The lowest BCUT2D eigenvalue weighted by atomic mass is 9.96. The molecule has 0 atom stereocenters. The van der Waals surface area contributed by atoms with E-state index in [1.165, 1.54) is 12.4 Å². The summed E-state index contributed by atoms with van der Waals surface area (Å²) >= 11 is 0. The van der Waals surface area contributed by atoms with E-state index in [1.54, 1.807) is 12.3 Å². The van der Waals surface area contributed by atoms with E-state index >= 15 is 0 Å². The van der Waals surface area contributed by atoms with Gasteiger partial charge in [0.2, 0.25) is 0 Å². The van der Waals surface area contributed by atoms with Crippen molar-refractivity contribution >= 4 is 22.5 Å². The minimum Gasteiger partial charge on any atom is -0.382 e. The second-order valence-electron chi connectivity index (χ2n) is 6.11. The van der Waals surface area contributed by atoms with Crippen LogP contribution in [0.5, 0.6) is 0 Å². The molecule has 0 radical (unpaired) electrons. The molecule has 2 aromatic heterocycles. The van der Waals surface area contributed by atoms with Gasteiger partial charge in [0.15, 0.2) is 0 Å². The molecule has 0 saturated heterocycles. The van der Waals surface area contributed by atoms with Crippen molar-refractivity contribution in [3.05, 3.63) is 78.0 Å². The van der Waals surface area contributed by atoms with Crippen molar-refractivity contribution in [1.82, 2.24) is 15.0 Å². The maximum Gasteiger partial charge on any atom is 0.149 e. The van der Waals surface area contributed by atoms with Crippen molar-refractivity contribution < 1.29 is 4.39 Å². The zero-order chi connectivity index (χ0) is 19.5. The van der Waals surface area contributed by atoms with E-state index in [4.69, 9.17) is 5.73 Å². The van der Waals surface area contributed by atoms with Crippen molar-refractivity contribution in [2.45, 2.75) is 6.54 Å². The Morgan fingerprint density at radius 3 is 2.64 bits per heavy atom. The van der Waals surface area contributed by atoms with Crippen LogP contribution < -0.4 is 11.1 Å². The summed E-state index contributed by atoms with van der Waals surface area (Å²) in [7, 11) is 0. The average molecular weight is 370 g/mol. The van der Waals surface area contributed by atoms with Gasteiger partial charge in [0.1, 0.15) is 40.9 Å². The fraction of sp³-hybridized carbons (Fsp3) is 0.0476. The Balaban J connectivity index is 1.82. The minimum absolute atomic E-state index is 0.113. The number of anilines is 2. The van der Waals surface area contributed by atoms with Crippen LogP contribution in [0, 0.1) is 17.1 Å². The fourth-order valence-electron chi connectivity index (χ4n) is 3.13. The van der Waals surface area contributed by atoms with Crippen molar-refractivity contribution in [2.24, 2.45) is 0 Å². The molecule has 0 fully saturated rings. The van der Waals surface area contributed by atoms with E-state index in [2.05, 4.69) is 20.3 Å². The Morgan fingerprint density at radius 2 is 1.86 bits per heavy atom. The molecule has 4 rings (SSSR count). The van der Waals surface area contributed by atoms with Crippen molar-refractivity contribution in [1.29, 1.82) is 5.26 Å². The summed E-state index contributed by atoms with van der Waals surface area (Å²) in [5.41, 5.74) is 8.90. The van der Waals surface area contributed by atoms with Gasteiger partial charge in [-0.1, -0.05) is 42.5 Å². The average Bonchev–Trinajstić information content (AvgIpc) is 2.72. The van der Waals surface area contributed by atoms with Crippen LogP contribution in [0.1, 0.15) is 11.1 Å². The second kappa shape index (κ2) is 7.29. The number of nitrogen functional groups attached to an aromatic ring is 1. The van der Waals surface area contributed by atoms with E-state index in [0.717, 1.165) is 16.7 Å². The highest BCUT2D eigenvalue weighted by molar-refractivity contribution is 5.96. The lowest BCUT2D eigenvalue weighted by Crippen LogP contribution is -2.08. The second-order valence-corrected chi connectivity index (χ2v) is 6.11. The van der Waals surface area contributed by atoms with Crippen LogP contribution >= 0.6 is 0 Å². The molecule has 0 unspecified atom stereocenters. The lowest BCUT2D eigenvalue weighted by molar-refractivity contribution is 0.637. The zero-order valence-electron chi connectivity index (χ0n) is 14.7. The predicted octanol–water partition coefficient (Wildman–Crippen LogP) is 3.90.